The normalized spacial score (nSPS) is 9.91. The van der Waals surface area contributed by atoms with E-state index in [1.807, 2.05) is 54.6 Å². The molecule has 0 saturated heterocycles. The molecular formula is C18H13N3O2. The third-order valence-corrected chi connectivity index (χ3v) is 3.17. The van der Waals surface area contributed by atoms with Gasteiger partial charge in [0.1, 0.15) is 23.3 Å². The topological polar surface area (TPSA) is 68.0 Å². The molecule has 0 N–H and O–H groups in total. The SMILES string of the molecule is COc1cccc(Oc2ccc(-c3ncc(C#N)cn3)cc2)c1. The number of rotatable bonds is 4. The van der Waals surface area contributed by atoms with Crippen molar-refractivity contribution in [2.24, 2.45) is 0 Å². The van der Waals surface area contributed by atoms with Gasteiger partial charge in [-0.3, -0.25) is 0 Å². The molecule has 0 unspecified atom stereocenters. The van der Waals surface area contributed by atoms with Crippen molar-refractivity contribution in [2.45, 2.75) is 0 Å². The highest BCUT2D eigenvalue weighted by atomic mass is 16.5. The zero-order chi connectivity index (χ0) is 16.1. The Bertz CT molecular complexity index is 837. The van der Waals surface area contributed by atoms with Gasteiger partial charge in [0.05, 0.1) is 12.7 Å². The van der Waals surface area contributed by atoms with Gasteiger partial charge in [0.2, 0.25) is 0 Å². The van der Waals surface area contributed by atoms with E-state index in [9.17, 15) is 0 Å². The Kier molecular flexibility index (Phi) is 4.16. The Labute approximate surface area is 133 Å². The van der Waals surface area contributed by atoms with Crippen LogP contribution in [-0.4, -0.2) is 17.1 Å². The van der Waals surface area contributed by atoms with Crippen molar-refractivity contribution in [3.63, 3.8) is 0 Å². The maximum atomic E-state index is 8.76. The molecule has 3 aromatic rings. The second-order valence-electron chi connectivity index (χ2n) is 4.71. The summed E-state index contributed by atoms with van der Waals surface area (Å²) in [5.74, 6) is 2.71. The van der Waals surface area contributed by atoms with E-state index in [4.69, 9.17) is 14.7 Å². The number of nitrogens with zero attached hydrogens (tertiary/aromatic N) is 3. The summed E-state index contributed by atoms with van der Waals surface area (Å²) in [7, 11) is 1.62. The Hall–Kier alpha value is -3.39. The molecule has 0 aliphatic rings. The van der Waals surface area contributed by atoms with Crippen LogP contribution in [-0.2, 0) is 0 Å². The number of methoxy groups -OCH3 is 1. The number of hydrogen-bond donors (Lipinski definition) is 0. The van der Waals surface area contributed by atoms with Gasteiger partial charge in [-0.1, -0.05) is 6.07 Å². The van der Waals surface area contributed by atoms with Crippen LogP contribution in [0.2, 0.25) is 0 Å². The second-order valence-corrected chi connectivity index (χ2v) is 4.71. The van der Waals surface area contributed by atoms with E-state index in [1.165, 1.54) is 12.4 Å². The van der Waals surface area contributed by atoms with E-state index in [1.54, 1.807) is 7.11 Å². The predicted molar refractivity (Wildman–Crippen MR) is 85.3 cm³/mol. The molecule has 1 heterocycles. The lowest BCUT2D eigenvalue weighted by atomic mass is 10.2. The molecule has 5 nitrogen and oxygen atoms in total. The second kappa shape index (κ2) is 6.58. The summed E-state index contributed by atoms with van der Waals surface area (Å²) in [5.41, 5.74) is 1.29. The summed E-state index contributed by atoms with van der Waals surface area (Å²) < 4.78 is 11.0. The molecule has 0 atom stereocenters. The Morgan fingerprint density at radius 3 is 2.26 bits per heavy atom. The zero-order valence-corrected chi connectivity index (χ0v) is 12.4. The summed E-state index contributed by atoms with van der Waals surface area (Å²) >= 11 is 0. The quantitative estimate of drug-likeness (QED) is 0.733. The number of nitriles is 1. The largest absolute Gasteiger partial charge is 0.497 e. The highest BCUT2D eigenvalue weighted by Crippen LogP contribution is 2.26. The van der Waals surface area contributed by atoms with Gasteiger partial charge < -0.3 is 9.47 Å². The minimum atomic E-state index is 0.437. The smallest absolute Gasteiger partial charge is 0.159 e. The van der Waals surface area contributed by atoms with Crippen LogP contribution in [0.5, 0.6) is 17.2 Å². The monoisotopic (exact) mass is 303 g/mol. The molecule has 0 aliphatic carbocycles. The average molecular weight is 303 g/mol. The van der Waals surface area contributed by atoms with Crippen LogP contribution in [0.15, 0.2) is 60.9 Å². The van der Waals surface area contributed by atoms with Crippen LogP contribution in [0.25, 0.3) is 11.4 Å². The number of hydrogen-bond acceptors (Lipinski definition) is 5. The first kappa shape index (κ1) is 14.5. The molecule has 0 spiro atoms. The molecule has 0 amide bonds. The molecule has 5 heteroatoms. The van der Waals surface area contributed by atoms with E-state index in [0.29, 0.717) is 22.9 Å². The molecule has 1 aromatic heterocycles. The molecule has 0 fully saturated rings. The third-order valence-electron chi connectivity index (χ3n) is 3.17. The fourth-order valence-corrected chi connectivity index (χ4v) is 2.01. The maximum Gasteiger partial charge on any atom is 0.159 e. The first-order chi connectivity index (χ1) is 11.3. The highest BCUT2D eigenvalue weighted by molar-refractivity contribution is 5.56. The van der Waals surface area contributed by atoms with Crippen LogP contribution in [0, 0.1) is 11.3 Å². The van der Waals surface area contributed by atoms with Crippen LogP contribution in [0.4, 0.5) is 0 Å². The van der Waals surface area contributed by atoms with Crippen LogP contribution < -0.4 is 9.47 Å². The molecule has 0 radical (unpaired) electrons. The number of aromatic nitrogens is 2. The van der Waals surface area contributed by atoms with Gasteiger partial charge in [0, 0.05) is 24.0 Å². The summed E-state index contributed by atoms with van der Waals surface area (Å²) in [6.07, 6.45) is 3.01. The van der Waals surface area contributed by atoms with Crippen LogP contribution in [0.3, 0.4) is 0 Å². The van der Waals surface area contributed by atoms with Crippen LogP contribution in [0.1, 0.15) is 5.56 Å². The minimum absolute atomic E-state index is 0.437. The lowest BCUT2D eigenvalue weighted by molar-refractivity contribution is 0.409. The first-order valence-corrected chi connectivity index (χ1v) is 6.93. The van der Waals surface area contributed by atoms with E-state index in [2.05, 4.69) is 9.97 Å². The average Bonchev–Trinajstić information content (AvgIpc) is 2.63. The van der Waals surface area contributed by atoms with Gasteiger partial charge in [-0.25, -0.2) is 9.97 Å². The van der Waals surface area contributed by atoms with Gasteiger partial charge in [0.25, 0.3) is 0 Å². The van der Waals surface area contributed by atoms with E-state index < -0.39 is 0 Å². The summed E-state index contributed by atoms with van der Waals surface area (Å²) in [5, 5.41) is 8.76. The first-order valence-electron chi connectivity index (χ1n) is 6.93. The fourth-order valence-electron chi connectivity index (χ4n) is 2.01. The number of benzene rings is 2. The predicted octanol–water partition coefficient (Wildman–Crippen LogP) is 3.82. The summed E-state index contributed by atoms with van der Waals surface area (Å²) in [6, 6.07) is 16.8. The summed E-state index contributed by atoms with van der Waals surface area (Å²) in [6.45, 7) is 0. The van der Waals surface area contributed by atoms with E-state index >= 15 is 0 Å². The Balaban J connectivity index is 1.77. The van der Waals surface area contributed by atoms with Crippen molar-refractivity contribution in [2.75, 3.05) is 7.11 Å². The lowest BCUT2D eigenvalue weighted by Crippen LogP contribution is -1.90. The molecule has 23 heavy (non-hydrogen) atoms. The Morgan fingerprint density at radius 2 is 1.61 bits per heavy atom. The van der Waals surface area contributed by atoms with Crippen molar-refractivity contribution < 1.29 is 9.47 Å². The zero-order valence-electron chi connectivity index (χ0n) is 12.4. The molecule has 112 valence electrons. The van der Waals surface area contributed by atoms with Gasteiger partial charge >= 0.3 is 0 Å². The maximum absolute atomic E-state index is 8.76. The molecule has 0 bridgehead atoms. The minimum Gasteiger partial charge on any atom is -0.497 e. The Morgan fingerprint density at radius 1 is 0.913 bits per heavy atom. The van der Waals surface area contributed by atoms with Crippen molar-refractivity contribution in [1.82, 2.24) is 9.97 Å². The van der Waals surface area contributed by atoms with Crippen LogP contribution >= 0.6 is 0 Å². The molecular weight excluding hydrogens is 290 g/mol. The molecule has 0 aliphatic heterocycles. The summed E-state index contributed by atoms with van der Waals surface area (Å²) in [4.78, 5) is 8.33. The third kappa shape index (κ3) is 3.44. The van der Waals surface area contributed by atoms with Crippen molar-refractivity contribution in [1.29, 1.82) is 5.26 Å². The van der Waals surface area contributed by atoms with E-state index in [-0.39, 0.29) is 0 Å². The molecule has 0 saturated carbocycles. The standard InChI is InChI=1S/C18H13N3O2/c1-22-16-3-2-4-17(9-16)23-15-7-5-14(6-8-15)18-20-11-13(10-19)12-21-18/h2-9,11-12H,1H3. The van der Waals surface area contributed by atoms with Gasteiger partial charge in [0.15, 0.2) is 5.82 Å². The molecule has 2 aromatic carbocycles. The van der Waals surface area contributed by atoms with Gasteiger partial charge in [-0.15, -0.1) is 0 Å². The van der Waals surface area contributed by atoms with Gasteiger partial charge in [-0.05, 0) is 36.4 Å². The molecule has 3 rings (SSSR count). The lowest BCUT2D eigenvalue weighted by Gasteiger charge is -2.08. The van der Waals surface area contributed by atoms with Gasteiger partial charge in [-0.2, -0.15) is 5.26 Å². The highest BCUT2D eigenvalue weighted by Gasteiger charge is 2.03. The van der Waals surface area contributed by atoms with Crippen molar-refractivity contribution in [3.8, 4) is 34.7 Å². The number of ether oxygens (including phenoxy) is 2. The van der Waals surface area contributed by atoms with Crippen molar-refractivity contribution >= 4 is 0 Å². The van der Waals surface area contributed by atoms with E-state index in [0.717, 1.165) is 11.3 Å². The van der Waals surface area contributed by atoms with Crippen molar-refractivity contribution in [3.05, 3.63) is 66.5 Å². The fraction of sp³-hybridized carbons (Fsp3) is 0.0556.